The van der Waals surface area contributed by atoms with E-state index in [9.17, 15) is 0 Å². The normalized spacial score (nSPS) is 31.7. The summed E-state index contributed by atoms with van der Waals surface area (Å²) in [5, 5.41) is 3.54. The molecule has 2 unspecified atom stereocenters. The van der Waals surface area contributed by atoms with Crippen LogP contribution in [0, 0.1) is 11.3 Å². The van der Waals surface area contributed by atoms with Crippen LogP contribution in [0.5, 0.6) is 0 Å². The zero-order valence-electron chi connectivity index (χ0n) is 11.5. The Kier molecular flexibility index (Phi) is 11.6. The van der Waals surface area contributed by atoms with Crippen molar-refractivity contribution in [2.75, 3.05) is 13.1 Å². The number of piperidine rings is 1. The summed E-state index contributed by atoms with van der Waals surface area (Å²) in [6.07, 6.45) is 7.35. The number of rotatable bonds is 0. The van der Waals surface area contributed by atoms with Crippen molar-refractivity contribution >= 4 is 0 Å². The zero-order valence-corrected chi connectivity index (χ0v) is 11.5. The van der Waals surface area contributed by atoms with Crippen LogP contribution in [0.4, 0.5) is 0 Å². The highest BCUT2D eigenvalue weighted by Crippen LogP contribution is 2.45. The molecule has 2 aliphatic rings. The van der Waals surface area contributed by atoms with Gasteiger partial charge in [0.25, 0.3) is 0 Å². The van der Waals surface area contributed by atoms with Gasteiger partial charge >= 0.3 is 0 Å². The Morgan fingerprint density at radius 3 is 2.06 bits per heavy atom. The molecule has 0 amide bonds. The van der Waals surface area contributed by atoms with E-state index in [1.54, 1.807) is 0 Å². The van der Waals surface area contributed by atoms with E-state index in [1.807, 2.05) is 27.7 Å². The average molecular weight is 229 g/mol. The monoisotopic (exact) mass is 229 g/mol. The van der Waals surface area contributed by atoms with Crippen LogP contribution in [0.2, 0.25) is 0 Å². The maximum absolute atomic E-state index is 3.54. The van der Waals surface area contributed by atoms with E-state index in [0.29, 0.717) is 0 Å². The highest BCUT2D eigenvalue weighted by Gasteiger charge is 2.37. The third-order valence-electron chi connectivity index (χ3n) is 3.51. The first-order valence-electron chi connectivity index (χ1n) is 7.02. The third kappa shape index (κ3) is 5.34. The molecule has 100 valence electrons. The maximum Gasteiger partial charge on any atom is 0.000792 e. The van der Waals surface area contributed by atoms with Crippen LogP contribution in [0.15, 0.2) is 0 Å². The molecule has 2 rings (SSSR count). The van der Waals surface area contributed by atoms with Crippen molar-refractivity contribution in [3.8, 4) is 0 Å². The van der Waals surface area contributed by atoms with Gasteiger partial charge in [-0.1, -0.05) is 48.5 Å². The summed E-state index contributed by atoms with van der Waals surface area (Å²) in [5.41, 5.74) is 0.734. The lowest BCUT2D eigenvalue weighted by atomic mass is 9.79. The first-order valence-corrected chi connectivity index (χ1v) is 7.02. The smallest absolute Gasteiger partial charge is 0.000792 e. The fourth-order valence-electron chi connectivity index (χ4n) is 2.91. The molecule has 1 N–H and O–H groups in total. The predicted molar refractivity (Wildman–Crippen MR) is 77.0 cm³/mol. The zero-order chi connectivity index (χ0) is 11.7. The summed E-state index contributed by atoms with van der Waals surface area (Å²) in [7, 11) is 0. The molecular formula is C15H35N. The van der Waals surface area contributed by atoms with E-state index in [1.165, 1.54) is 45.2 Å². The third-order valence-corrected chi connectivity index (χ3v) is 3.51. The Hall–Kier alpha value is -0.0400. The Morgan fingerprint density at radius 1 is 1.06 bits per heavy atom. The Balaban J connectivity index is 0. The van der Waals surface area contributed by atoms with Crippen LogP contribution >= 0.6 is 0 Å². The minimum Gasteiger partial charge on any atom is -0.316 e. The second kappa shape index (κ2) is 10.1. The highest BCUT2D eigenvalue weighted by atomic mass is 14.9. The van der Waals surface area contributed by atoms with Gasteiger partial charge in [-0.15, -0.1) is 0 Å². The maximum atomic E-state index is 3.54. The SMILES string of the molecule is C.CC.CC.CC1CCC2(CCCNC2)C1. The molecule has 1 saturated carbocycles. The summed E-state index contributed by atoms with van der Waals surface area (Å²) < 4.78 is 0. The molecule has 16 heavy (non-hydrogen) atoms. The molecule has 1 nitrogen and oxygen atoms in total. The average Bonchev–Trinajstić information content (AvgIpc) is 2.66. The van der Waals surface area contributed by atoms with E-state index < -0.39 is 0 Å². The topological polar surface area (TPSA) is 12.0 Å². The van der Waals surface area contributed by atoms with Gasteiger partial charge < -0.3 is 5.32 Å². The molecule has 1 heterocycles. The van der Waals surface area contributed by atoms with Crippen molar-refractivity contribution in [2.45, 2.75) is 74.1 Å². The number of hydrogen-bond acceptors (Lipinski definition) is 1. The van der Waals surface area contributed by atoms with Crippen LogP contribution in [-0.2, 0) is 0 Å². The molecule has 1 heteroatoms. The first kappa shape index (κ1) is 18.3. The van der Waals surface area contributed by atoms with Crippen molar-refractivity contribution in [3.05, 3.63) is 0 Å². The summed E-state index contributed by atoms with van der Waals surface area (Å²) in [6.45, 7) is 13.0. The van der Waals surface area contributed by atoms with Gasteiger partial charge in [-0.25, -0.2) is 0 Å². The lowest BCUT2D eigenvalue weighted by Crippen LogP contribution is -2.38. The number of hydrogen-bond donors (Lipinski definition) is 1. The predicted octanol–water partition coefficient (Wildman–Crippen LogP) is 4.86. The van der Waals surface area contributed by atoms with Crippen LogP contribution < -0.4 is 5.32 Å². The van der Waals surface area contributed by atoms with E-state index >= 15 is 0 Å². The van der Waals surface area contributed by atoms with Gasteiger partial charge in [0.05, 0.1) is 0 Å². The van der Waals surface area contributed by atoms with Gasteiger partial charge in [0.15, 0.2) is 0 Å². The van der Waals surface area contributed by atoms with Crippen molar-refractivity contribution in [1.29, 1.82) is 0 Å². The van der Waals surface area contributed by atoms with Crippen molar-refractivity contribution in [2.24, 2.45) is 11.3 Å². The minimum atomic E-state index is 0. The van der Waals surface area contributed by atoms with Gasteiger partial charge in [-0.2, -0.15) is 0 Å². The molecule has 1 spiro atoms. The van der Waals surface area contributed by atoms with Gasteiger partial charge in [0.1, 0.15) is 0 Å². The quantitative estimate of drug-likeness (QED) is 0.625. The summed E-state index contributed by atoms with van der Waals surface area (Å²) >= 11 is 0. The number of nitrogens with one attached hydrogen (secondary N) is 1. The molecule has 2 fully saturated rings. The van der Waals surface area contributed by atoms with Crippen LogP contribution in [0.25, 0.3) is 0 Å². The fraction of sp³-hybridized carbons (Fsp3) is 1.00. The summed E-state index contributed by atoms with van der Waals surface area (Å²) in [5.74, 6) is 0.995. The van der Waals surface area contributed by atoms with E-state index in [-0.39, 0.29) is 7.43 Å². The van der Waals surface area contributed by atoms with Crippen LogP contribution in [0.3, 0.4) is 0 Å². The molecule has 1 aliphatic carbocycles. The summed E-state index contributed by atoms with van der Waals surface area (Å²) in [4.78, 5) is 0. The molecule has 1 saturated heterocycles. The van der Waals surface area contributed by atoms with Gasteiger partial charge in [-0.3, -0.25) is 0 Å². The van der Waals surface area contributed by atoms with Crippen molar-refractivity contribution < 1.29 is 0 Å². The van der Waals surface area contributed by atoms with Gasteiger partial charge in [0.2, 0.25) is 0 Å². The highest BCUT2D eigenvalue weighted by molar-refractivity contribution is 4.91. The minimum absolute atomic E-state index is 0. The van der Waals surface area contributed by atoms with Crippen molar-refractivity contribution in [3.63, 3.8) is 0 Å². The van der Waals surface area contributed by atoms with Crippen LogP contribution in [0.1, 0.15) is 74.1 Å². The van der Waals surface area contributed by atoms with E-state index in [2.05, 4.69) is 12.2 Å². The van der Waals surface area contributed by atoms with E-state index in [4.69, 9.17) is 0 Å². The molecule has 0 radical (unpaired) electrons. The lowest BCUT2D eigenvalue weighted by molar-refractivity contribution is 0.210. The second-order valence-electron chi connectivity index (χ2n) is 4.63. The Labute approximate surface area is 104 Å². The lowest BCUT2D eigenvalue weighted by Gasteiger charge is -2.34. The summed E-state index contributed by atoms with van der Waals surface area (Å²) in [6, 6.07) is 0. The molecule has 1 aliphatic heterocycles. The molecular weight excluding hydrogens is 194 g/mol. The van der Waals surface area contributed by atoms with Gasteiger partial charge in [-0.05, 0) is 43.6 Å². The fourth-order valence-corrected chi connectivity index (χ4v) is 2.91. The Bertz CT molecular complexity index is 131. The molecule has 0 aromatic carbocycles. The standard InChI is InChI=1S/C10H19N.2C2H6.CH4/c1-9-3-5-10(7-9)4-2-6-11-8-10;2*1-2;/h9,11H,2-8H2,1H3;2*1-2H3;1H4. The first-order chi connectivity index (χ1) is 7.31. The Morgan fingerprint density at radius 2 is 1.69 bits per heavy atom. The van der Waals surface area contributed by atoms with Crippen molar-refractivity contribution in [1.82, 2.24) is 5.32 Å². The molecule has 0 bridgehead atoms. The second-order valence-corrected chi connectivity index (χ2v) is 4.63. The molecule has 0 aromatic rings. The molecule has 0 aromatic heterocycles. The largest absolute Gasteiger partial charge is 0.316 e. The van der Waals surface area contributed by atoms with Gasteiger partial charge in [0, 0.05) is 6.54 Å². The molecule has 2 atom stereocenters. The van der Waals surface area contributed by atoms with Crippen LogP contribution in [-0.4, -0.2) is 13.1 Å². The van der Waals surface area contributed by atoms with E-state index in [0.717, 1.165) is 11.3 Å².